The van der Waals surface area contributed by atoms with E-state index < -0.39 is 32.9 Å². The molecule has 4 aromatic rings. The molecule has 0 saturated heterocycles. The highest BCUT2D eigenvalue weighted by Crippen LogP contribution is 2.38. The van der Waals surface area contributed by atoms with Gasteiger partial charge in [-0.25, -0.2) is 17.7 Å². The van der Waals surface area contributed by atoms with Crippen molar-refractivity contribution >= 4 is 46.1 Å². The van der Waals surface area contributed by atoms with Crippen molar-refractivity contribution in [1.29, 1.82) is 5.26 Å². The maximum Gasteiger partial charge on any atom is 0.250 e. The summed E-state index contributed by atoms with van der Waals surface area (Å²) >= 11 is 1.94. The van der Waals surface area contributed by atoms with Crippen LogP contribution in [-0.4, -0.2) is 55.8 Å². The second-order valence-corrected chi connectivity index (χ2v) is 12.5. The zero-order valence-corrected chi connectivity index (χ0v) is 25.2. The molecule has 2 aromatic heterocycles. The van der Waals surface area contributed by atoms with E-state index in [0.717, 1.165) is 8.87 Å². The molecule has 4 rings (SSSR count). The summed E-state index contributed by atoms with van der Waals surface area (Å²) in [5.41, 5.74) is 0.430. The van der Waals surface area contributed by atoms with Gasteiger partial charge in [-0.05, 0) is 48.2 Å². The lowest BCUT2D eigenvalue weighted by atomic mass is 10.1. The van der Waals surface area contributed by atoms with Crippen LogP contribution in [0.2, 0.25) is 0 Å². The number of rotatable bonds is 10. The quantitative estimate of drug-likeness (QED) is 0.203. The van der Waals surface area contributed by atoms with Crippen LogP contribution in [0, 0.1) is 23.5 Å². The van der Waals surface area contributed by atoms with Crippen molar-refractivity contribution in [2.45, 2.75) is 18.3 Å². The number of halogens is 1. The molecule has 0 amide bonds. The number of para-hydroxylation sites is 1. The van der Waals surface area contributed by atoms with Gasteiger partial charge in [0.15, 0.2) is 11.5 Å². The molecule has 0 bridgehead atoms. The monoisotopic (exact) mass is 704 g/mol. The number of ether oxygens (including phenoxy) is 1. The average molecular weight is 705 g/mol. The van der Waals surface area contributed by atoms with Crippen molar-refractivity contribution < 1.29 is 28.5 Å². The molecule has 0 fully saturated rings. The minimum atomic E-state index is -4.46. The van der Waals surface area contributed by atoms with Crippen LogP contribution in [0.15, 0.2) is 60.1 Å². The zero-order valence-electron chi connectivity index (χ0n) is 21.4. The first kappa shape index (κ1) is 29.9. The predicted octanol–water partition coefficient (Wildman–Crippen LogP) is 4.03. The van der Waals surface area contributed by atoms with Gasteiger partial charge in [-0.15, -0.1) is 10.2 Å². The molecule has 3 N–H and O–H groups in total. The zero-order chi connectivity index (χ0) is 29.7. The molecule has 0 aliphatic rings. The molecule has 0 radical (unpaired) electrons. The lowest BCUT2D eigenvalue weighted by molar-refractivity contribution is 0.176. The van der Waals surface area contributed by atoms with Gasteiger partial charge >= 0.3 is 0 Å². The van der Waals surface area contributed by atoms with Gasteiger partial charge in [0, 0.05) is 27.4 Å². The van der Waals surface area contributed by atoms with Gasteiger partial charge in [-0.3, -0.25) is 4.57 Å². The number of nitriles is 1. The molecule has 210 valence electrons. The van der Waals surface area contributed by atoms with Crippen LogP contribution in [0.4, 0.5) is 5.95 Å². The normalized spacial score (nSPS) is 12.9. The van der Waals surface area contributed by atoms with Crippen molar-refractivity contribution in [2.75, 3.05) is 11.4 Å². The van der Waals surface area contributed by atoms with Crippen molar-refractivity contribution in [3.05, 3.63) is 83.4 Å². The number of aromatic nitrogens is 4. The van der Waals surface area contributed by atoms with E-state index >= 15 is 0 Å². The predicted molar refractivity (Wildman–Crippen MR) is 160 cm³/mol. The van der Waals surface area contributed by atoms with Crippen LogP contribution in [-0.2, 0) is 10.0 Å². The molecular weight excluding hydrogens is 683 g/mol. The standard InChI is InChI=1S/C26H21IN6O6S2/c1-16(24(36)18-11-9-17(15-28)10-12-18)41(37,38)32(13-14-40-27)26-31-30-25(19-5-3-8-22(29-19)39-2)33(26)23-20(34)6-4-7-21(23)35/h4,6-14,16,24,34-36H,1-2H3/b14-13+/t16-,24-/m1/s1. The summed E-state index contributed by atoms with van der Waals surface area (Å²) in [4.78, 5) is 4.27. The maximum atomic E-state index is 14.1. The second kappa shape index (κ2) is 12.6. The Labute approximate surface area is 252 Å². The van der Waals surface area contributed by atoms with E-state index in [1.165, 1.54) is 83.1 Å². The van der Waals surface area contributed by atoms with Gasteiger partial charge in [-0.2, -0.15) is 5.26 Å². The number of aliphatic hydroxyl groups excluding tert-OH is 1. The molecule has 41 heavy (non-hydrogen) atoms. The molecule has 15 heteroatoms. The van der Waals surface area contributed by atoms with E-state index in [1.807, 2.05) is 27.3 Å². The summed E-state index contributed by atoms with van der Waals surface area (Å²) < 4.78 is 35.2. The average Bonchev–Trinajstić information content (AvgIpc) is 3.40. The fourth-order valence-electron chi connectivity index (χ4n) is 3.79. The number of benzene rings is 2. The smallest absolute Gasteiger partial charge is 0.250 e. The largest absolute Gasteiger partial charge is 0.506 e. The Balaban J connectivity index is 1.93. The molecule has 12 nitrogen and oxygen atoms in total. The minimum Gasteiger partial charge on any atom is -0.506 e. The molecule has 2 atom stereocenters. The summed E-state index contributed by atoms with van der Waals surface area (Å²) in [6, 6.07) is 18.8. The highest BCUT2D eigenvalue weighted by atomic mass is 127. The minimum absolute atomic E-state index is 0.0287. The fourth-order valence-corrected chi connectivity index (χ4v) is 5.84. The van der Waals surface area contributed by atoms with Gasteiger partial charge in [0.2, 0.25) is 21.9 Å². The summed E-state index contributed by atoms with van der Waals surface area (Å²) in [7, 11) is -1.90. The number of nitrogens with zero attached hydrogens (tertiary/aromatic N) is 6. The Morgan fingerprint density at radius 1 is 1.20 bits per heavy atom. The van der Waals surface area contributed by atoms with Crippen LogP contribution in [0.25, 0.3) is 17.2 Å². The van der Waals surface area contributed by atoms with E-state index in [9.17, 15) is 23.7 Å². The van der Waals surface area contributed by atoms with Crippen molar-refractivity contribution in [2.24, 2.45) is 0 Å². The summed E-state index contributed by atoms with van der Waals surface area (Å²) in [5, 5.41) is 49.9. The number of anilines is 1. The molecule has 0 aliphatic carbocycles. The SMILES string of the molecule is COc1cc#cc(-c2nnc(N(/C=C/SI)S(=O)(=O)[C@H](C)[C@@H](O)c3ccc(C#N)cc3)n2-c2c(O)cccc2O)n1. The van der Waals surface area contributed by atoms with Crippen molar-refractivity contribution in [3.63, 3.8) is 0 Å². The van der Waals surface area contributed by atoms with E-state index in [2.05, 4.69) is 27.3 Å². The first-order valence-corrected chi connectivity index (χ1v) is 16.5. The Morgan fingerprint density at radius 3 is 2.49 bits per heavy atom. The van der Waals surface area contributed by atoms with Crippen LogP contribution >= 0.6 is 30.1 Å². The molecule has 0 spiro atoms. The number of hydrogen-bond donors (Lipinski definition) is 3. The van der Waals surface area contributed by atoms with Crippen molar-refractivity contribution in [1.82, 2.24) is 19.7 Å². The number of aromatic hydroxyl groups is 2. The van der Waals surface area contributed by atoms with Crippen LogP contribution in [0.3, 0.4) is 0 Å². The molecular formula is C26H21IN6O6S2. The topological polar surface area (TPSA) is 175 Å². The highest BCUT2D eigenvalue weighted by Gasteiger charge is 2.38. The van der Waals surface area contributed by atoms with E-state index in [-0.39, 0.29) is 34.6 Å². The first-order valence-electron chi connectivity index (χ1n) is 11.6. The Hall–Kier alpha value is -4.03. The number of phenolic OH excluding ortho intramolecular Hbond substituents is 2. The van der Waals surface area contributed by atoms with Gasteiger partial charge in [0.25, 0.3) is 0 Å². The lowest BCUT2D eigenvalue weighted by Crippen LogP contribution is -2.38. The maximum absolute atomic E-state index is 14.1. The van der Waals surface area contributed by atoms with Gasteiger partial charge in [0.1, 0.15) is 22.4 Å². The third kappa shape index (κ3) is 6.03. The molecule has 2 aromatic carbocycles. The molecule has 0 aliphatic heterocycles. The number of phenols is 2. The van der Waals surface area contributed by atoms with E-state index in [0.29, 0.717) is 5.56 Å². The third-order valence-electron chi connectivity index (χ3n) is 5.91. The highest BCUT2D eigenvalue weighted by molar-refractivity contribution is 14.2. The number of sulfonamides is 1. The molecule has 0 unspecified atom stereocenters. The first-order chi connectivity index (χ1) is 19.6. The Morgan fingerprint density at radius 2 is 1.88 bits per heavy atom. The number of methoxy groups -OCH3 is 1. The van der Waals surface area contributed by atoms with Crippen molar-refractivity contribution in [3.8, 4) is 40.7 Å². The fraction of sp³-hybridized carbons (Fsp3) is 0.154. The summed E-state index contributed by atoms with van der Waals surface area (Å²) in [5.74, 6) is -1.11. The summed E-state index contributed by atoms with van der Waals surface area (Å²) in [6.45, 7) is 1.32. The van der Waals surface area contributed by atoms with E-state index in [1.54, 1.807) is 0 Å². The second-order valence-electron chi connectivity index (χ2n) is 8.32. The van der Waals surface area contributed by atoms with Crippen LogP contribution in [0.5, 0.6) is 17.4 Å². The Bertz CT molecular complexity index is 1700. The number of aliphatic hydroxyl groups is 1. The van der Waals surface area contributed by atoms with Gasteiger partial charge in [0.05, 0.1) is 30.9 Å². The van der Waals surface area contributed by atoms with Crippen LogP contribution < -0.4 is 9.04 Å². The third-order valence-corrected chi connectivity index (χ3v) is 9.04. The lowest BCUT2D eigenvalue weighted by Gasteiger charge is -2.27. The molecule has 2 heterocycles. The van der Waals surface area contributed by atoms with Gasteiger partial charge in [-0.1, -0.05) is 33.2 Å². The van der Waals surface area contributed by atoms with E-state index in [4.69, 9.17) is 10.00 Å². The van der Waals surface area contributed by atoms with Crippen LogP contribution in [0.1, 0.15) is 24.2 Å². The number of hydrogen-bond acceptors (Lipinski definition) is 11. The summed E-state index contributed by atoms with van der Waals surface area (Å²) in [6.07, 6.45) is -0.279. The van der Waals surface area contributed by atoms with Gasteiger partial charge < -0.3 is 20.1 Å². The molecule has 0 saturated carbocycles. The Kier molecular flexibility index (Phi) is 9.24.